The second kappa shape index (κ2) is 6.37. The van der Waals surface area contributed by atoms with Gasteiger partial charge in [-0.25, -0.2) is 12.8 Å². The van der Waals surface area contributed by atoms with Gasteiger partial charge < -0.3 is 0 Å². The molecule has 2 rings (SSSR count). The zero-order valence-electron chi connectivity index (χ0n) is 11.1. The number of anilines is 1. The zero-order chi connectivity index (χ0) is 15.3. The summed E-state index contributed by atoms with van der Waals surface area (Å²) in [4.78, 5) is 0. The number of nitrogens with one attached hydrogen (secondary N) is 1. The summed E-state index contributed by atoms with van der Waals surface area (Å²) < 4.78 is 39.7. The van der Waals surface area contributed by atoms with Gasteiger partial charge in [0.05, 0.1) is 23.1 Å². The zero-order valence-corrected chi connectivity index (χ0v) is 11.9. The molecule has 0 aliphatic heterocycles. The van der Waals surface area contributed by atoms with E-state index in [2.05, 4.69) is 4.72 Å². The van der Waals surface area contributed by atoms with E-state index in [-0.39, 0.29) is 17.0 Å². The molecule has 2 aromatic carbocycles. The highest BCUT2D eigenvalue weighted by Crippen LogP contribution is 2.17. The molecular formula is C15H13FN2O2S. The summed E-state index contributed by atoms with van der Waals surface area (Å²) in [6.45, 7) is 0. The van der Waals surface area contributed by atoms with Gasteiger partial charge in [0.25, 0.3) is 0 Å². The summed E-state index contributed by atoms with van der Waals surface area (Å²) in [5.41, 5.74) is 0.880. The number of halogens is 1. The highest BCUT2D eigenvalue weighted by Gasteiger charge is 2.13. The molecule has 0 atom stereocenters. The third-order valence-electron chi connectivity index (χ3n) is 2.87. The summed E-state index contributed by atoms with van der Waals surface area (Å²) in [5, 5.41) is 8.64. The Morgan fingerprint density at radius 2 is 1.86 bits per heavy atom. The van der Waals surface area contributed by atoms with Crippen LogP contribution in [0.1, 0.15) is 11.1 Å². The normalized spacial score (nSPS) is 10.9. The third-order valence-corrected chi connectivity index (χ3v) is 4.14. The summed E-state index contributed by atoms with van der Waals surface area (Å²) in [7, 11) is -3.65. The first kappa shape index (κ1) is 15.0. The maximum atomic E-state index is 13.7. The fourth-order valence-electron chi connectivity index (χ4n) is 1.78. The van der Waals surface area contributed by atoms with Crippen LogP contribution >= 0.6 is 0 Å². The van der Waals surface area contributed by atoms with Crippen molar-refractivity contribution in [3.05, 3.63) is 65.5 Å². The second-order valence-electron chi connectivity index (χ2n) is 4.46. The Morgan fingerprint density at radius 3 is 2.48 bits per heavy atom. The molecule has 6 heteroatoms. The SMILES string of the molecule is N#Cc1ccc(NS(=O)(=O)CCc2ccccc2)c(F)c1. The van der Waals surface area contributed by atoms with E-state index in [0.717, 1.165) is 11.6 Å². The van der Waals surface area contributed by atoms with Gasteiger partial charge in [0.1, 0.15) is 5.82 Å². The molecule has 108 valence electrons. The van der Waals surface area contributed by atoms with Crippen LogP contribution in [0.5, 0.6) is 0 Å². The van der Waals surface area contributed by atoms with Crippen LogP contribution in [0, 0.1) is 17.1 Å². The van der Waals surface area contributed by atoms with E-state index >= 15 is 0 Å². The Morgan fingerprint density at radius 1 is 1.14 bits per heavy atom. The molecule has 2 aromatic rings. The van der Waals surface area contributed by atoms with E-state index in [0.29, 0.717) is 6.42 Å². The van der Waals surface area contributed by atoms with Crippen LogP contribution in [0.4, 0.5) is 10.1 Å². The van der Waals surface area contributed by atoms with Crippen LogP contribution in [0.3, 0.4) is 0 Å². The van der Waals surface area contributed by atoms with Crippen molar-refractivity contribution in [2.45, 2.75) is 6.42 Å². The molecule has 1 N–H and O–H groups in total. The molecular weight excluding hydrogens is 291 g/mol. The lowest BCUT2D eigenvalue weighted by atomic mass is 10.2. The number of nitrogens with zero attached hydrogens (tertiary/aromatic N) is 1. The van der Waals surface area contributed by atoms with Gasteiger partial charge in [-0.05, 0) is 30.2 Å². The molecule has 0 saturated carbocycles. The van der Waals surface area contributed by atoms with Crippen molar-refractivity contribution in [2.75, 3.05) is 10.5 Å². The number of aryl methyl sites for hydroxylation is 1. The van der Waals surface area contributed by atoms with Crippen LogP contribution in [0.15, 0.2) is 48.5 Å². The van der Waals surface area contributed by atoms with Crippen molar-refractivity contribution >= 4 is 15.7 Å². The topological polar surface area (TPSA) is 70.0 Å². The van der Waals surface area contributed by atoms with Gasteiger partial charge >= 0.3 is 0 Å². The molecule has 0 fully saturated rings. The fourth-order valence-corrected chi connectivity index (χ4v) is 2.89. The van der Waals surface area contributed by atoms with Gasteiger partial charge in [0, 0.05) is 0 Å². The maximum absolute atomic E-state index is 13.7. The van der Waals surface area contributed by atoms with Crippen LogP contribution in [0.25, 0.3) is 0 Å². The predicted octanol–water partition coefficient (Wildman–Crippen LogP) is 2.68. The third kappa shape index (κ3) is 4.29. The summed E-state index contributed by atoms with van der Waals surface area (Å²) in [5.74, 6) is -0.909. The number of hydrogen-bond acceptors (Lipinski definition) is 3. The molecule has 0 saturated heterocycles. The van der Waals surface area contributed by atoms with Crippen molar-refractivity contribution in [2.24, 2.45) is 0 Å². The monoisotopic (exact) mass is 304 g/mol. The number of rotatable bonds is 5. The Kier molecular flexibility index (Phi) is 4.55. The maximum Gasteiger partial charge on any atom is 0.233 e. The highest BCUT2D eigenvalue weighted by atomic mass is 32.2. The Hall–Kier alpha value is -2.39. The Balaban J connectivity index is 2.06. The largest absolute Gasteiger partial charge is 0.281 e. The highest BCUT2D eigenvalue weighted by molar-refractivity contribution is 7.92. The van der Waals surface area contributed by atoms with E-state index < -0.39 is 15.8 Å². The van der Waals surface area contributed by atoms with Crippen molar-refractivity contribution < 1.29 is 12.8 Å². The second-order valence-corrected chi connectivity index (χ2v) is 6.30. The lowest BCUT2D eigenvalue weighted by Gasteiger charge is -2.09. The minimum absolute atomic E-state index is 0.139. The first-order valence-corrected chi connectivity index (χ1v) is 7.89. The van der Waals surface area contributed by atoms with E-state index in [1.165, 1.54) is 12.1 Å². The number of nitriles is 1. The molecule has 21 heavy (non-hydrogen) atoms. The number of sulfonamides is 1. The summed E-state index contributed by atoms with van der Waals surface area (Å²) >= 11 is 0. The van der Waals surface area contributed by atoms with E-state index in [1.807, 2.05) is 30.3 Å². The van der Waals surface area contributed by atoms with E-state index in [1.54, 1.807) is 6.07 Å². The molecule has 0 spiro atoms. The van der Waals surface area contributed by atoms with E-state index in [4.69, 9.17) is 5.26 Å². The molecule has 0 aromatic heterocycles. The molecule has 0 aliphatic rings. The Bertz CT molecular complexity index is 768. The first-order valence-electron chi connectivity index (χ1n) is 6.24. The molecule has 0 heterocycles. The molecule has 4 nitrogen and oxygen atoms in total. The molecule has 0 bridgehead atoms. The summed E-state index contributed by atoms with van der Waals surface area (Å²) in [6.07, 6.45) is 0.341. The smallest absolute Gasteiger partial charge is 0.233 e. The van der Waals surface area contributed by atoms with Gasteiger partial charge in [-0.1, -0.05) is 30.3 Å². The van der Waals surface area contributed by atoms with Crippen LogP contribution in [-0.2, 0) is 16.4 Å². The van der Waals surface area contributed by atoms with Gasteiger partial charge in [-0.15, -0.1) is 0 Å². The molecule has 0 unspecified atom stereocenters. The standard InChI is InChI=1S/C15H13FN2O2S/c16-14-10-13(11-17)6-7-15(14)18-21(19,20)9-8-12-4-2-1-3-5-12/h1-7,10,18H,8-9H2. The predicted molar refractivity (Wildman–Crippen MR) is 78.7 cm³/mol. The molecule has 0 amide bonds. The van der Waals surface area contributed by atoms with Crippen molar-refractivity contribution in [1.82, 2.24) is 0 Å². The van der Waals surface area contributed by atoms with Gasteiger partial charge in [-0.2, -0.15) is 5.26 Å². The lowest BCUT2D eigenvalue weighted by molar-refractivity contribution is 0.598. The number of benzene rings is 2. The fraction of sp³-hybridized carbons (Fsp3) is 0.133. The molecule has 0 radical (unpaired) electrons. The van der Waals surface area contributed by atoms with Crippen molar-refractivity contribution in [3.63, 3.8) is 0 Å². The van der Waals surface area contributed by atoms with Crippen molar-refractivity contribution in [1.29, 1.82) is 5.26 Å². The van der Waals surface area contributed by atoms with Crippen LogP contribution in [0.2, 0.25) is 0 Å². The summed E-state index contributed by atoms with van der Waals surface area (Å²) in [6, 6.07) is 14.6. The minimum atomic E-state index is -3.65. The van der Waals surface area contributed by atoms with E-state index in [9.17, 15) is 12.8 Å². The first-order chi connectivity index (χ1) is 10.00. The lowest BCUT2D eigenvalue weighted by Crippen LogP contribution is -2.19. The average Bonchev–Trinajstić information content (AvgIpc) is 2.48. The van der Waals surface area contributed by atoms with Gasteiger partial charge in [0.2, 0.25) is 10.0 Å². The van der Waals surface area contributed by atoms with Crippen LogP contribution < -0.4 is 4.72 Å². The Labute approximate surface area is 122 Å². The van der Waals surface area contributed by atoms with Crippen LogP contribution in [-0.4, -0.2) is 14.2 Å². The van der Waals surface area contributed by atoms with Gasteiger partial charge in [-0.3, -0.25) is 4.72 Å². The minimum Gasteiger partial charge on any atom is -0.281 e. The van der Waals surface area contributed by atoms with Crippen molar-refractivity contribution in [3.8, 4) is 6.07 Å². The quantitative estimate of drug-likeness (QED) is 0.923. The number of hydrogen-bond donors (Lipinski definition) is 1. The molecule has 0 aliphatic carbocycles. The van der Waals surface area contributed by atoms with Gasteiger partial charge in [0.15, 0.2) is 0 Å². The average molecular weight is 304 g/mol.